The van der Waals surface area contributed by atoms with Crippen LogP contribution in [0, 0.1) is 16.0 Å². The lowest BCUT2D eigenvalue weighted by atomic mass is 10.0. The first-order chi connectivity index (χ1) is 9.59. The third kappa shape index (κ3) is 3.41. The highest BCUT2D eigenvalue weighted by molar-refractivity contribution is 7.99. The molecule has 6 nitrogen and oxygen atoms in total. The van der Waals surface area contributed by atoms with E-state index in [4.69, 9.17) is 5.73 Å². The summed E-state index contributed by atoms with van der Waals surface area (Å²) in [7, 11) is 0. The quantitative estimate of drug-likeness (QED) is 0.503. The molecule has 7 heteroatoms. The predicted octanol–water partition coefficient (Wildman–Crippen LogP) is 2.05. The number of anilines is 1. The second kappa shape index (κ2) is 6.60. The van der Waals surface area contributed by atoms with Gasteiger partial charge >= 0.3 is 5.69 Å². The molecule has 1 aliphatic rings. The van der Waals surface area contributed by atoms with Gasteiger partial charge in [-0.05, 0) is 42.4 Å². The van der Waals surface area contributed by atoms with Crippen molar-refractivity contribution in [3.63, 3.8) is 0 Å². The van der Waals surface area contributed by atoms with Crippen LogP contribution in [0.5, 0.6) is 0 Å². The molecule has 20 heavy (non-hydrogen) atoms. The van der Waals surface area contributed by atoms with Gasteiger partial charge in [0.25, 0.3) is 5.91 Å². The number of hydrogen-bond acceptors (Lipinski definition) is 5. The molecule has 2 rings (SSSR count). The highest BCUT2D eigenvalue weighted by Gasteiger charge is 2.23. The Balaban J connectivity index is 2.05. The third-order valence-electron chi connectivity index (χ3n) is 3.39. The molecule has 3 N–H and O–H groups in total. The van der Waals surface area contributed by atoms with Crippen LogP contribution >= 0.6 is 11.8 Å². The highest BCUT2D eigenvalue weighted by atomic mass is 32.2. The first-order valence-electron chi connectivity index (χ1n) is 6.48. The van der Waals surface area contributed by atoms with E-state index in [1.165, 1.54) is 12.1 Å². The monoisotopic (exact) mass is 295 g/mol. The number of nitrogens with zero attached hydrogens (tertiary/aromatic N) is 1. The lowest BCUT2D eigenvalue weighted by Gasteiger charge is -2.21. The number of nitro groups is 1. The van der Waals surface area contributed by atoms with Crippen molar-refractivity contribution in [1.29, 1.82) is 0 Å². The van der Waals surface area contributed by atoms with Crippen LogP contribution in [0.4, 0.5) is 11.4 Å². The average molecular weight is 295 g/mol. The summed E-state index contributed by atoms with van der Waals surface area (Å²) in [5.41, 5.74) is 5.30. The van der Waals surface area contributed by atoms with E-state index in [1.54, 1.807) is 6.07 Å². The van der Waals surface area contributed by atoms with Crippen LogP contribution in [0.3, 0.4) is 0 Å². The smallest absolute Gasteiger partial charge is 0.304 e. The van der Waals surface area contributed by atoms with Gasteiger partial charge in [0, 0.05) is 6.54 Å². The van der Waals surface area contributed by atoms with Crippen molar-refractivity contribution in [3.8, 4) is 0 Å². The van der Waals surface area contributed by atoms with Gasteiger partial charge in [-0.25, -0.2) is 0 Å². The van der Waals surface area contributed by atoms with Crippen molar-refractivity contribution in [3.05, 3.63) is 33.9 Å². The minimum Gasteiger partial charge on any atom is -0.393 e. The Morgan fingerprint density at radius 1 is 1.45 bits per heavy atom. The minimum atomic E-state index is -0.610. The van der Waals surface area contributed by atoms with Crippen LogP contribution in [0.25, 0.3) is 0 Å². The number of hydrogen-bond donors (Lipinski definition) is 2. The summed E-state index contributed by atoms with van der Waals surface area (Å²) in [4.78, 5) is 22.5. The predicted molar refractivity (Wildman–Crippen MR) is 79.9 cm³/mol. The van der Waals surface area contributed by atoms with Crippen LogP contribution < -0.4 is 11.1 Å². The molecule has 0 saturated carbocycles. The maximum absolute atomic E-state index is 12.1. The number of carbonyl (C=O) groups is 1. The molecule has 1 aromatic rings. The second-order valence-electron chi connectivity index (χ2n) is 4.77. The molecule has 0 aromatic heterocycles. The van der Waals surface area contributed by atoms with Crippen LogP contribution in [0.15, 0.2) is 18.2 Å². The fourth-order valence-electron chi connectivity index (χ4n) is 2.23. The number of para-hydroxylation sites is 1. The fraction of sp³-hybridized carbons (Fsp3) is 0.462. The van der Waals surface area contributed by atoms with E-state index in [-0.39, 0.29) is 16.9 Å². The van der Waals surface area contributed by atoms with Crippen LogP contribution in [0.1, 0.15) is 23.2 Å². The molecule has 0 unspecified atom stereocenters. The van der Waals surface area contributed by atoms with Gasteiger partial charge in [0.15, 0.2) is 0 Å². The molecule has 1 saturated heterocycles. The van der Waals surface area contributed by atoms with E-state index < -0.39 is 10.8 Å². The summed E-state index contributed by atoms with van der Waals surface area (Å²) in [5.74, 6) is 2.25. The number of amides is 1. The number of nitrogens with one attached hydrogen (secondary N) is 1. The molecule has 1 aromatic carbocycles. The van der Waals surface area contributed by atoms with E-state index in [0.717, 1.165) is 24.3 Å². The van der Waals surface area contributed by atoms with Crippen molar-refractivity contribution < 1.29 is 9.72 Å². The Kier molecular flexibility index (Phi) is 4.84. The van der Waals surface area contributed by atoms with E-state index in [9.17, 15) is 14.9 Å². The van der Waals surface area contributed by atoms with Gasteiger partial charge in [-0.1, -0.05) is 6.07 Å². The van der Waals surface area contributed by atoms with Crippen molar-refractivity contribution in [2.24, 2.45) is 5.92 Å². The minimum absolute atomic E-state index is 0.0108. The Hall–Kier alpha value is -1.76. The Morgan fingerprint density at radius 3 is 2.80 bits per heavy atom. The van der Waals surface area contributed by atoms with Crippen LogP contribution in [-0.4, -0.2) is 28.9 Å². The molecule has 1 aliphatic heterocycles. The van der Waals surface area contributed by atoms with Gasteiger partial charge in [-0.15, -0.1) is 0 Å². The summed E-state index contributed by atoms with van der Waals surface area (Å²) in [6.45, 7) is 0.561. The van der Waals surface area contributed by atoms with Gasteiger partial charge in [0.05, 0.1) is 4.92 Å². The molecule has 1 fully saturated rings. The summed E-state index contributed by atoms with van der Waals surface area (Å²) >= 11 is 1.92. The van der Waals surface area contributed by atoms with E-state index in [0.29, 0.717) is 12.5 Å². The molecule has 0 spiro atoms. The van der Waals surface area contributed by atoms with Gasteiger partial charge in [-0.2, -0.15) is 11.8 Å². The highest BCUT2D eigenvalue weighted by Crippen LogP contribution is 2.26. The van der Waals surface area contributed by atoms with E-state index in [2.05, 4.69) is 5.32 Å². The summed E-state index contributed by atoms with van der Waals surface area (Å²) in [5, 5.41) is 13.8. The molecule has 0 aliphatic carbocycles. The largest absolute Gasteiger partial charge is 0.393 e. The maximum Gasteiger partial charge on any atom is 0.304 e. The molecular weight excluding hydrogens is 278 g/mol. The zero-order valence-corrected chi connectivity index (χ0v) is 11.8. The third-order valence-corrected chi connectivity index (χ3v) is 4.44. The fourth-order valence-corrected chi connectivity index (χ4v) is 3.44. The lowest BCUT2D eigenvalue weighted by Crippen LogP contribution is -2.31. The molecule has 0 atom stereocenters. The van der Waals surface area contributed by atoms with Gasteiger partial charge in [0.1, 0.15) is 11.3 Å². The molecule has 1 heterocycles. The molecule has 0 radical (unpaired) electrons. The summed E-state index contributed by atoms with van der Waals surface area (Å²) in [6, 6.07) is 4.41. The number of nitro benzene ring substituents is 1. The molecule has 108 valence electrons. The normalized spacial score (nSPS) is 15.8. The number of rotatable bonds is 4. The second-order valence-corrected chi connectivity index (χ2v) is 5.99. The first kappa shape index (κ1) is 14.6. The number of carbonyl (C=O) groups excluding carboxylic acids is 1. The van der Waals surface area contributed by atoms with Gasteiger partial charge < -0.3 is 11.1 Å². The summed E-state index contributed by atoms with van der Waals surface area (Å²) in [6.07, 6.45) is 2.15. The van der Waals surface area contributed by atoms with Crippen molar-refractivity contribution in [2.75, 3.05) is 23.8 Å². The number of nitrogens with two attached hydrogens (primary N) is 1. The first-order valence-corrected chi connectivity index (χ1v) is 7.64. The summed E-state index contributed by atoms with van der Waals surface area (Å²) < 4.78 is 0. The van der Waals surface area contributed by atoms with E-state index >= 15 is 0 Å². The van der Waals surface area contributed by atoms with Gasteiger partial charge in [-0.3, -0.25) is 14.9 Å². The standard InChI is InChI=1S/C13H17N3O3S/c14-11-3-1-2-10(12(11)16(18)19)13(17)15-8-9-4-6-20-7-5-9/h1-3,9H,4-8,14H2,(H,15,17). The molecule has 1 amide bonds. The zero-order chi connectivity index (χ0) is 14.5. The topological polar surface area (TPSA) is 98.3 Å². The maximum atomic E-state index is 12.1. The number of nitrogen functional groups attached to an aromatic ring is 1. The average Bonchev–Trinajstić information content (AvgIpc) is 2.45. The lowest BCUT2D eigenvalue weighted by molar-refractivity contribution is -0.384. The Morgan fingerprint density at radius 2 is 2.15 bits per heavy atom. The number of benzene rings is 1. The van der Waals surface area contributed by atoms with Crippen molar-refractivity contribution in [2.45, 2.75) is 12.8 Å². The van der Waals surface area contributed by atoms with E-state index in [1.807, 2.05) is 11.8 Å². The Bertz CT molecular complexity index is 516. The van der Waals surface area contributed by atoms with Crippen LogP contribution in [0.2, 0.25) is 0 Å². The van der Waals surface area contributed by atoms with Gasteiger partial charge in [0.2, 0.25) is 0 Å². The molecular formula is C13H17N3O3S. The SMILES string of the molecule is Nc1cccc(C(=O)NCC2CCSCC2)c1[N+](=O)[O-]. The van der Waals surface area contributed by atoms with Crippen molar-refractivity contribution >= 4 is 29.0 Å². The van der Waals surface area contributed by atoms with Crippen molar-refractivity contribution in [1.82, 2.24) is 5.32 Å². The molecule has 0 bridgehead atoms. The zero-order valence-electron chi connectivity index (χ0n) is 11.0. The Labute approximate surface area is 121 Å². The van der Waals surface area contributed by atoms with Crippen LogP contribution in [-0.2, 0) is 0 Å². The number of thioether (sulfide) groups is 1.